The molecule has 5 nitrogen and oxygen atoms in total. The van der Waals surface area contributed by atoms with Gasteiger partial charge in [-0.1, -0.05) is 6.07 Å². The van der Waals surface area contributed by atoms with Crippen molar-refractivity contribution < 1.29 is 19.3 Å². The van der Waals surface area contributed by atoms with Crippen LogP contribution < -0.4 is 19.9 Å². The third-order valence-corrected chi connectivity index (χ3v) is 4.02. The molecule has 0 aliphatic heterocycles. The van der Waals surface area contributed by atoms with E-state index in [9.17, 15) is 5.11 Å². The molecular formula is C14H21NO4. The van der Waals surface area contributed by atoms with Crippen LogP contribution in [-0.4, -0.2) is 39.6 Å². The molecule has 1 aromatic carbocycles. The second kappa shape index (κ2) is 5.27. The van der Waals surface area contributed by atoms with Gasteiger partial charge in [-0.2, -0.15) is 0 Å². The molecule has 1 aliphatic rings. The number of benzene rings is 1. The number of nitrogens with two attached hydrogens (primary N) is 1. The second-order valence-corrected chi connectivity index (χ2v) is 4.90. The Morgan fingerprint density at radius 3 is 2.32 bits per heavy atom. The first-order valence-electron chi connectivity index (χ1n) is 6.27. The van der Waals surface area contributed by atoms with Crippen molar-refractivity contribution in [2.45, 2.75) is 12.3 Å². The molecule has 2 atom stereocenters. The first-order valence-corrected chi connectivity index (χ1v) is 6.27. The zero-order valence-electron chi connectivity index (χ0n) is 11.6. The van der Waals surface area contributed by atoms with Crippen LogP contribution in [0, 0.1) is 5.41 Å². The fourth-order valence-corrected chi connectivity index (χ4v) is 2.65. The lowest BCUT2D eigenvalue weighted by molar-refractivity contribution is 0.211. The molecule has 0 saturated heterocycles. The monoisotopic (exact) mass is 267 g/mol. The van der Waals surface area contributed by atoms with Gasteiger partial charge in [0.25, 0.3) is 0 Å². The average molecular weight is 267 g/mol. The van der Waals surface area contributed by atoms with Gasteiger partial charge in [-0.15, -0.1) is 0 Å². The van der Waals surface area contributed by atoms with E-state index in [1.54, 1.807) is 21.3 Å². The molecular weight excluding hydrogens is 246 g/mol. The van der Waals surface area contributed by atoms with Gasteiger partial charge in [0.05, 0.1) is 27.9 Å². The standard InChI is InChI=1S/C14H21NO4/c1-17-11-5-4-9(12(18-2)13(11)19-3)10-6-14(10,7-15)8-16/h4-5,10,16H,6-8,15H2,1-3H3. The molecule has 2 rings (SSSR count). The lowest BCUT2D eigenvalue weighted by Gasteiger charge is -2.17. The van der Waals surface area contributed by atoms with Gasteiger partial charge >= 0.3 is 0 Å². The minimum Gasteiger partial charge on any atom is -0.493 e. The van der Waals surface area contributed by atoms with Crippen LogP contribution in [0.4, 0.5) is 0 Å². The topological polar surface area (TPSA) is 73.9 Å². The van der Waals surface area contributed by atoms with E-state index in [-0.39, 0.29) is 17.9 Å². The zero-order chi connectivity index (χ0) is 14.0. The number of hydrogen-bond acceptors (Lipinski definition) is 5. The van der Waals surface area contributed by atoms with E-state index in [1.807, 2.05) is 12.1 Å². The first kappa shape index (κ1) is 14.0. The number of methoxy groups -OCH3 is 3. The maximum Gasteiger partial charge on any atom is 0.203 e. The predicted octanol–water partition coefficient (Wildman–Crippen LogP) is 1.14. The van der Waals surface area contributed by atoms with Crippen molar-refractivity contribution >= 4 is 0 Å². The molecule has 0 radical (unpaired) electrons. The molecule has 0 aromatic heterocycles. The highest BCUT2D eigenvalue weighted by molar-refractivity contribution is 5.58. The highest BCUT2D eigenvalue weighted by atomic mass is 16.5. The van der Waals surface area contributed by atoms with Gasteiger partial charge in [0.2, 0.25) is 5.75 Å². The van der Waals surface area contributed by atoms with Crippen LogP contribution in [0.15, 0.2) is 12.1 Å². The summed E-state index contributed by atoms with van der Waals surface area (Å²) in [6, 6.07) is 3.81. The summed E-state index contributed by atoms with van der Waals surface area (Å²) in [5, 5.41) is 9.50. The number of aliphatic hydroxyl groups excluding tert-OH is 1. The van der Waals surface area contributed by atoms with Crippen LogP contribution in [0.3, 0.4) is 0 Å². The number of ether oxygens (including phenoxy) is 3. The molecule has 1 saturated carbocycles. The number of hydrogen-bond donors (Lipinski definition) is 2. The highest BCUT2D eigenvalue weighted by Gasteiger charge is 2.54. The van der Waals surface area contributed by atoms with Crippen LogP contribution in [0.1, 0.15) is 17.9 Å². The number of rotatable bonds is 6. The third-order valence-electron chi connectivity index (χ3n) is 4.02. The Labute approximate surface area is 113 Å². The first-order chi connectivity index (χ1) is 9.17. The summed E-state index contributed by atoms with van der Waals surface area (Å²) in [5.74, 6) is 2.08. The molecule has 2 unspecified atom stereocenters. The molecule has 0 heterocycles. The summed E-state index contributed by atoms with van der Waals surface area (Å²) in [4.78, 5) is 0. The summed E-state index contributed by atoms with van der Waals surface area (Å²) in [7, 11) is 4.78. The van der Waals surface area contributed by atoms with Crippen LogP contribution in [0.2, 0.25) is 0 Å². The molecule has 1 aromatic rings. The molecule has 0 amide bonds. The van der Waals surface area contributed by atoms with E-state index in [0.29, 0.717) is 23.8 Å². The van der Waals surface area contributed by atoms with Crippen molar-refractivity contribution in [3.8, 4) is 17.2 Å². The van der Waals surface area contributed by atoms with E-state index in [0.717, 1.165) is 12.0 Å². The fraction of sp³-hybridized carbons (Fsp3) is 0.571. The Bertz CT molecular complexity index is 457. The molecule has 5 heteroatoms. The number of aliphatic hydroxyl groups is 1. The zero-order valence-corrected chi connectivity index (χ0v) is 11.6. The van der Waals surface area contributed by atoms with E-state index < -0.39 is 0 Å². The largest absolute Gasteiger partial charge is 0.493 e. The second-order valence-electron chi connectivity index (χ2n) is 4.90. The lowest BCUT2D eigenvalue weighted by atomic mass is 9.98. The van der Waals surface area contributed by atoms with Gasteiger partial charge in [-0.3, -0.25) is 0 Å². The Morgan fingerprint density at radius 2 is 1.89 bits per heavy atom. The minimum atomic E-state index is -0.215. The van der Waals surface area contributed by atoms with E-state index in [4.69, 9.17) is 19.9 Å². The van der Waals surface area contributed by atoms with Crippen LogP contribution in [0.5, 0.6) is 17.2 Å². The smallest absolute Gasteiger partial charge is 0.203 e. The molecule has 0 spiro atoms. The third kappa shape index (κ3) is 2.13. The van der Waals surface area contributed by atoms with Crippen molar-refractivity contribution in [3.63, 3.8) is 0 Å². The predicted molar refractivity (Wildman–Crippen MR) is 72.0 cm³/mol. The molecule has 0 bridgehead atoms. The summed E-state index contributed by atoms with van der Waals surface area (Å²) in [6.07, 6.45) is 0.867. The summed E-state index contributed by atoms with van der Waals surface area (Å²) >= 11 is 0. The van der Waals surface area contributed by atoms with Crippen molar-refractivity contribution in [1.82, 2.24) is 0 Å². The summed E-state index contributed by atoms with van der Waals surface area (Å²) in [5.41, 5.74) is 6.57. The highest BCUT2D eigenvalue weighted by Crippen LogP contribution is 2.61. The van der Waals surface area contributed by atoms with Gasteiger partial charge in [0, 0.05) is 17.5 Å². The Balaban J connectivity index is 2.43. The molecule has 19 heavy (non-hydrogen) atoms. The average Bonchev–Trinajstić information content (AvgIpc) is 3.20. The summed E-state index contributed by atoms with van der Waals surface area (Å²) in [6.45, 7) is 0.553. The Morgan fingerprint density at radius 1 is 1.21 bits per heavy atom. The SMILES string of the molecule is COc1ccc(C2CC2(CN)CO)c(OC)c1OC. The maximum atomic E-state index is 9.50. The van der Waals surface area contributed by atoms with Crippen LogP contribution in [-0.2, 0) is 0 Å². The Kier molecular flexibility index (Phi) is 3.87. The van der Waals surface area contributed by atoms with E-state index in [2.05, 4.69) is 0 Å². The minimum absolute atomic E-state index is 0.0890. The van der Waals surface area contributed by atoms with Gasteiger partial charge in [-0.05, 0) is 18.4 Å². The van der Waals surface area contributed by atoms with Gasteiger partial charge in [0.1, 0.15) is 0 Å². The van der Waals surface area contributed by atoms with Crippen molar-refractivity contribution in [3.05, 3.63) is 17.7 Å². The van der Waals surface area contributed by atoms with E-state index >= 15 is 0 Å². The van der Waals surface area contributed by atoms with E-state index in [1.165, 1.54) is 0 Å². The molecule has 106 valence electrons. The van der Waals surface area contributed by atoms with Crippen molar-refractivity contribution in [2.75, 3.05) is 34.5 Å². The lowest BCUT2D eigenvalue weighted by Crippen LogP contribution is -2.21. The fourth-order valence-electron chi connectivity index (χ4n) is 2.65. The summed E-state index contributed by atoms with van der Waals surface area (Å²) < 4.78 is 16.1. The van der Waals surface area contributed by atoms with Crippen LogP contribution >= 0.6 is 0 Å². The molecule has 3 N–H and O–H groups in total. The molecule has 1 aliphatic carbocycles. The normalized spacial score (nSPS) is 25.0. The van der Waals surface area contributed by atoms with Gasteiger partial charge < -0.3 is 25.1 Å². The van der Waals surface area contributed by atoms with Crippen LogP contribution in [0.25, 0.3) is 0 Å². The quantitative estimate of drug-likeness (QED) is 0.808. The van der Waals surface area contributed by atoms with Gasteiger partial charge in [0.15, 0.2) is 11.5 Å². The van der Waals surface area contributed by atoms with Crippen molar-refractivity contribution in [1.29, 1.82) is 0 Å². The van der Waals surface area contributed by atoms with Gasteiger partial charge in [-0.25, -0.2) is 0 Å². The Hall–Kier alpha value is -1.46. The van der Waals surface area contributed by atoms with Crippen molar-refractivity contribution in [2.24, 2.45) is 11.1 Å². The maximum absolute atomic E-state index is 9.50. The molecule has 1 fully saturated rings.